The second kappa shape index (κ2) is 11.8. The quantitative estimate of drug-likeness (QED) is 0.187. The van der Waals surface area contributed by atoms with Crippen molar-refractivity contribution < 1.29 is 19.1 Å². The van der Waals surface area contributed by atoms with Gasteiger partial charge in [0.15, 0.2) is 0 Å². The zero-order chi connectivity index (χ0) is 25.5. The lowest BCUT2D eigenvalue weighted by atomic mass is 10.1. The fourth-order valence-electron chi connectivity index (χ4n) is 3.26. The summed E-state index contributed by atoms with van der Waals surface area (Å²) in [5.74, 6) is -1.10. The number of allylic oxidation sites excluding steroid dienone is 1. The molecule has 0 spiro atoms. The van der Waals surface area contributed by atoms with E-state index >= 15 is 0 Å². The summed E-state index contributed by atoms with van der Waals surface area (Å²) in [6.07, 6.45) is 1.49. The molecule has 1 aromatic carbocycles. The topological polar surface area (TPSA) is 101 Å². The van der Waals surface area contributed by atoms with Gasteiger partial charge in [0, 0.05) is 11.6 Å². The molecule has 0 aliphatic rings. The number of esters is 2. The molecular formula is C26H21N3O4S3. The van der Waals surface area contributed by atoms with Gasteiger partial charge in [-0.15, -0.1) is 34.0 Å². The van der Waals surface area contributed by atoms with Crippen LogP contribution in [0.1, 0.15) is 43.1 Å². The first kappa shape index (κ1) is 25.3. The molecular weight excluding hydrogens is 515 g/mol. The highest BCUT2D eigenvalue weighted by molar-refractivity contribution is 7.18. The fraction of sp³-hybridized carbons (Fsp3) is 0.154. The molecule has 0 fully saturated rings. The minimum atomic E-state index is -0.558. The molecule has 3 heterocycles. The van der Waals surface area contributed by atoms with E-state index in [4.69, 9.17) is 9.47 Å². The number of thiazole rings is 1. The van der Waals surface area contributed by atoms with Crippen molar-refractivity contribution in [2.24, 2.45) is 0 Å². The number of aromatic nitrogens is 1. The smallest absolute Gasteiger partial charge is 0.349 e. The molecule has 0 radical (unpaired) electrons. The van der Waals surface area contributed by atoms with Crippen molar-refractivity contribution in [3.05, 3.63) is 86.0 Å². The number of rotatable bonds is 9. The molecule has 1 N–H and O–H groups in total. The molecule has 0 aliphatic carbocycles. The minimum Gasteiger partial charge on any atom is -0.462 e. The van der Waals surface area contributed by atoms with Gasteiger partial charge in [0.05, 0.1) is 22.7 Å². The lowest BCUT2D eigenvalue weighted by Crippen LogP contribution is -2.09. The van der Waals surface area contributed by atoms with Crippen molar-refractivity contribution >= 4 is 56.5 Å². The number of carbonyl (C=O) groups is 2. The Bertz CT molecular complexity index is 1430. The van der Waals surface area contributed by atoms with Crippen LogP contribution in [-0.2, 0) is 16.1 Å². The van der Waals surface area contributed by atoms with Gasteiger partial charge in [0.1, 0.15) is 33.1 Å². The predicted octanol–water partition coefficient (Wildman–Crippen LogP) is 6.75. The van der Waals surface area contributed by atoms with E-state index in [1.54, 1.807) is 25.2 Å². The Labute approximate surface area is 220 Å². The molecule has 4 rings (SSSR count). The first-order chi connectivity index (χ1) is 17.5. The van der Waals surface area contributed by atoms with Gasteiger partial charge in [-0.25, -0.2) is 14.6 Å². The van der Waals surface area contributed by atoms with Crippen LogP contribution in [0.4, 0.5) is 5.00 Å². The first-order valence-corrected chi connectivity index (χ1v) is 13.5. The van der Waals surface area contributed by atoms with Gasteiger partial charge in [0.25, 0.3) is 0 Å². The highest BCUT2D eigenvalue weighted by atomic mass is 32.1. The van der Waals surface area contributed by atoms with E-state index in [9.17, 15) is 14.9 Å². The minimum absolute atomic E-state index is 0.115. The number of nitrogens with one attached hydrogen (secondary N) is 1. The molecule has 0 atom stereocenters. The second-order valence-electron chi connectivity index (χ2n) is 7.37. The SMILES string of the molecule is CCOC(=O)c1c(NC=C(C#N)c2nc(-c3cccs3)cs2)sc(C(=O)OCc2ccccc2)c1C. The van der Waals surface area contributed by atoms with E-state index in [1.807, 2.05) is 53.2 Å². The first-order valence-electron chi connectivity index (χ1n) is 10.9. The average molecular weight is 536 g/mol. The molecule has 0 saturated carbocycles. The molecule has 4 aromatic rings. The number of hydrogen-bond donors (Lipinski definition) is 1. The second-order valence-corrected chi connectivity index (χ2v) is 10.2. The van der Waals surface area contributed by atoms with Gasteiger partial charge in [-0.1, -0.05) is 36.4 Å². The van der Waals surface area contributed by atoms with E-state index < -0.39 is 11.9 Å². The van der Waals surface area contributed by atoms with E-state index in [2.05, 4.69) is 16.4 Å². The normalized spacial score (nSPS) is 11.1. The van der Waals surface area contributed by atoms with Gasteiger partial charge in [-0.3, -0.25) is 0 Å². The third kappa shape index (κ3) is 5.71. The number of hydrogen-bond acceptors (Lipinski definition) is 10. The molecule has 0 unspecified atom stereocenters. The summed E-state index contributed by atoms with van der Waals surface area (Å²) in [6.45, 7) is 3.69. The summed E-state index contributed by atoms with van der Waals surface area (Å²) in [4.78, 5) is 31.4. The number of thiophene rings is 2. The maximum Gasteiger partial charge on any atom is 0.349 e. The van der Waals surface area contributed by atoms with Crippen LogP contribution in [0.15, 0.2) is 59.4 Å². The van der Waals surface area contributed by atoms with Crippen molar-refractivity contribution in [1.29, 1.82) is 5.26 Å². The lowest BCUT2D eigenvalue weighted by Gasteiger charge is -2.06. The summed E-state index contributed by atoms with van der Waals surface area (Å²) in [7, 11) is 0. The predicted molar refractivity (Wildman–Crippen MR) is 143 cm³/mol. The van der Waals surface area contributed by atoms with Gasteiger partial charge >= 0.3 is 11.9 Å². The van der Waals surface area contributed by atoms with Crippen molar-refractivity contribution in [3.8, 4) is 16.6 Å². The standard InChI is InChI=1S/C26H21N3O4S3/c1-3-32-25(30)21-16(2)22(26(31)33-14-17-8-5-4-6-9-17)36-24(21)28-13-18(12-27)23-29-19(15-35-23)20-10-7-11-34-20/h4-11,13,15,28H,3,14H2,1-2H3. The summed E-state index contributed by atoms with van der Waals surface area (Å²) in [5, 5.41) is 17.6. The highest BCUT2D eigenvalue weighted by Crippen LogP contribution is 2.35. The van der Waals surface area contributed by atoms with Crippen LogP contribution >= 0.6 is 34.0 Å². The van der Waals surface area contributed by atoms with E-state index in [0.717, 1.165) is 27.5 Å². The summed E-state index contributed by atoms with van der Waals surface area (Å²) in [6, 6.07) is 15.4. The third-order valence-electron chi connectivity index (χ3n) is 5.00. The van der Waals surface area contributed by atoms with Gasteiger partial charge in [-0.2, -0.15) is 5.26 Å². The number of anilines is 1. The Balaban J connectivity index is 1.59. The Morgan fingerprint density at radius 2 is 1.92 bits per heavy atom. The van der Waals surface area contributed by atoms with Gasteiger partial charge < -0.3 is 14.8 Å². The fourth-order valence-corrected chi connectivity index (χ4v) is 5.87. The molecule has 0 saturated heterocycles. The number of benzene rings is 1. The van der Waals surface area contributed by atoms with Crippen LogP contribution in [0.25, 0.3) is 16.1 Å². The van der Waals surface area contributed by atoms with E-state index in [1.165, 1.54) is 17.5 Å². The van der Waals surface area contributed by atoms with Crippen molar-refractivity contribution in [1.82, 2.24) is 4.98 Å². The Hall–Kier alpha value is -3.78. The maximum atomic E-state index is 12.8. The number of ether oxygens (including phenoxy) is 2. The molecule has 182 valence electrons. The van der Waals surface area contributed by atoms with Crippen molar-refractivity contribution in [3.63, 3.8) is 0 Å². The van der Waals surface area contributed by atoms with Crippen LogP contribution in [-0.4, -0.2) is 23.5 Å². The van der Waals surface area contributed by atoms with Crippen molar-refractivity contribution in [2.75, 3.05) is 11.9 Å². The summed E-state index contributed by atoms with van der Waals surface area (Å²) >= 11 is 4.00. The van der Waals surface area contributed by atoms with Crippen LogP contribution in [0.3, 0.4) is 0 Å². The van der Waals surface area contributed by atoms with E-state index in [-0.39, 0.29) is 23.7 Å². The summed E-state index contributed by atoms with van der Waals surface area (Å²) in [5.41, 5.74) is 2.65. The van der Waals surface area contributed by atoms with Crippen LogP contribution in [0, 0.1) is 18.3 Å². The summed E-state index contributed by atoms with van der Waals surface area (Å²) < 4.78 is 10.7. The Morgan fingerprint density at radius 3 is 2.61 bits per heavy atom. The van der Waals surface area contributed by atoms with Gasteiger partial charge in [-0.05, 0) is 36.4 Å². The lowest BCUT2D eigenvalue weighted by molar-refractivity contribution is 0.0478. The third-order valence-corrected chi connectivity index (χ3v) is 7.97. The number of nitriles is 1. The highest BCUT2D eigenvalue weighted by Gasteiger charge is 2.26. The zero-order valence-electron chi connectivity index (χ0n) is 19.4. The van der Waals surface area contributed by atoms with Crippen molar-refractivity contribution in [2.45, 2.75) is 20.5 Å². The van der Waals surface area contributed by atoms with Crippen LogP contribution in [0.5, 0.6) is 0 Å². The van der Waals surface area contributed by atoms with Crippen LogP contribution in [0.2, 0.25) is 0 Å². The molecule has 3 aromatic heterocycles. The molecule has 7 nitrogen and oxygen atoms in total. The number of nitrogens with zero attached hydrogens (tertiary/aromatic N) is 2. The average Bonchev–Trinajstić information content (AvgIpc) is 3.64. The molecule has 0 amide bonds. The maximum absolute atomic E-state index is 12.8. The monoisotopic (exact) mass is 535 g/mol. The largest absolute Gasteiger partial charge is 0.462 e. The molecule has 10 heteroatoms. The van der Waals surface area contributed by atoms with E-state index in [0.29, 0.717) is 21.1 Å². The number of carbonyl (C=O) groups excluding carboxylic acids is 2. The zero-order valence-corrected chi connectivity index (χ0v) is 21.9. The van der Waals surface area contributed by atoms with Crippen LogP contribution < -0.4 is 5.32 Å². The Morgan fingerprint density at radius 1 is 1.11 bits per heavy atom. The molecule has 0 aliphatic heterocycles. The molecule has 36 heavy (non-hydrogen) atoms. The Kier molecular flexibility index (Phi) is 8.28. The van der Waals surface area contributed by atoms with Gasteiger partial charge in [0.2, 0.25) is 0 Å². The molecule has 0 bridgehead atoms.